The van der Waals surface area contributed by atoms with Crippen LogP contribution >= 0.6 is 0 Å². The van der Waals surface area contributed by atoms with Crippen molar-refractivity contribution >= 4 is 23.8 Å². The van der Waals surface area contributed by atoms with Crippen molar-refractivity contribution in [3.63, 3.8) is 0 Å². The molecule has 0 atom stereocenters. The highest BCUT2D eigenvalue weighted by Crippen LogP contribution is 2.26. The van der Waals surface area contributed by atoms with Crippen LogP contribution < -0.4 is 11.5 Å². The number of ether oxygens (including phenoxy) is 2. The molecule has 2 bridgehead atoms. The minimum absolute atomic E-state index is 0.0599. The maximum absolute atomic E-state index is 12.0. The average molecular weight is 306 g/mol. The van der Waals surface area contributed by atoms with E-state index >= 15 is 0 Å². The minimum Gasteiger partial charge on any atom is -0.409 e. The molecule has 2 aliphatic heterocycles. The Hall–Kier alpha value is -2.90. The molecule has 2 aliphatic rings. The Morgan fingerprint density at radius 1 is 0.955 bits per heavy atom. The van der Waals surface area contributed by atoms with E-state index < -0.39 is 29.5 Å². The van der Waals surface area contributed by atoms with Crippen LogP contribution in [-0.4, -0.2) is 29.5 Å². The molecule has 0 unspecified atom stereocenters. The van der Waals surface area contributed by atoms with Gasteiger partial charge in [0, 0.05) is 12.8 Å². The predicted molar refractivity (Wildman–Crippen MR) is 72.2 cm³/mol. The van der Waals surface area contributed by atoms with Gasteiger partial charge in [0.15, 0.2) is 0 Å². The molecule has 1 aromatic carbocycles. The maximum Gasteiger partial charge on any atom is 0.341 e. The SMILES string of the molecule is NC(=O)CCCC1(C(N)=O)OC(=O)c2ccc(cc2)C(=O)O1. The summed E-state index contributed by atoms with van der Waals surface area (Å²) in [4.78, 5) is 46.6. The maximum atomic E-state index is 12.0. The third-order valence-corrected chi connectivity index (χ3v) is 3.18. The van der Waals surface area contributed by atoms with E-state index in [2.05, 4.69) is 0 Å². The molecule has 1 aromatic rings. The monoisotopic (exact) mass is 306 g/mol. The molecule has 0 saturated carbocycles. The van der Waals surface area contributed by atoms with Gasteiger partial charge in [0.2, 0.25) is 5.91 Å². The zero-order valence-corrected chi connectivity index (χ0v) is 11.5. The van der Waals surface area contributed by atoms with Crippen molar-refractivity contribution in [3.8, 4) is 0 Å². The molecule has 116 valence electrons. The Bertz CT molecular complexity index is 600. The first-order chi connectivity index (χ1) is 10.3. The number of rotatable bonds is 5. The van der Waals surface area contributed by atoms with Gasteiger partial charge in [-0.2, -0.15) is 0 Å². The van der Waals surface area contributed by atoms with E-state index in [4.69, 9.17) is 20.9 Å². The lowest BCUT2D eigenvalue weighted by Crippen LogP contribution is -2.51. The Morgan fingerprint density at radius 3 is 1.77 bits per heavy atom. The van der Waals surface area contributed by atoms with Gasteiger partial charge in [0.05, 0.1) is 11.1 Å². The Labute approximate surface area is 125 Å². The van der Waals surface area contributed by atoms with Gasteiger partial charge in [-0.3, -0.25) is 9.59 Å². The summed E-state index contributed by atoms with van der Waals surface area (Å²) in [5.74, 6) is -5.73. The molecule has 0 fully saturated rings. The Kier molecular flexibility index (Phi) is 4.11. The first-order valence-corrected chi connectivity index (χ1v) is 6.49. The summed E-state index contributed by atoms with van der Waals surface area (Å²) in [5, 5.41) is 0. The van der Waals surface area contributed by atoms with Crippen molar-refractivity contribution in [2.24, 2.45) is 11.5 Å². The van der Waals surface area contributed by atoms with E-state index in [-0.39, 0.29) is 30.4 Å². The normalized spacial score (nSPS) is 16.0. The van der Waals surface area contributed by atoms with Crippen molar-refractivity contribution in [3.05, 3.63) is 35.4 Å². The number of fused-ring (bicyclic) bond motifs is 6. The van der Waals surface area contributed by atoms with Crippen molar-refractivity contribution in [1.29, 1.82) is 0 Å². The molecule has 2 amide bonds. The topological polar surface area (TPSA) is 139 Å². The number of benzene rings is 1. The minimum atomic E-state index is -2.27. The van der Waals surface area contributed by atoms with Gasteiger partial charge < -0.3 is 20.9 Å². The average Bonchev–Trinajstić information content (AvgIpc) is 2.53. The zero-order chi connectivity index (χ0) is 16.3. The molecule has 8 nitrogen and oxygen atoms in total. The Morgan fingerprint density at radius 2 is 1.41 bits per heavy atom. The van der Waals surface area contributed by atoms with E-state index in [0.29, 0.717) is 0 Å². The second-order valence-corrected chi connectivity index (χ2v) is 4.79. The van der Waals surface area contributed by atoms with Crippen molar-refractivity contribution in [2.45, 2.75) is 25.0 Å². The molecule has 0 saturated heterocycles. The Balaban J connectivity index is 2.34. The third kappa shape index (κ3) is 3.05. The molecule has 2 heterocycles. The molecule has 0 spiro atoms. The van der Waals surface area contributed by atoms with Gasteiger partial charge in [-0.05, 0) is 30.7 Å². The van der Waals surface area contributed by atoms with Crippen LogP contribution in [0.2, 0.25) is 0 Å². The summed E-state index contributed by atoms with van der Waals surface area (Å²) in [6.07, 6.45) is -0.276. The lowest BCUT2D eigenvalue weighted by molar-refractivity contribution is -0.187. The fraction of sp³-hybridized carbons (Fsp3) is 0.286. The second kappa shape index (κ2) is 5.84. The van der Waals surface area contributed by atoms with E-state index in [1.54, 1.807) is 0 Å². The number of carbonyl (C=O) groups is 4. The molecular formula is C14H14N2O6. The number of nitrogens with two attached hydrogens (primary N) is 2. The van der Waals surface area contributed by atoms with Crippen LogP contribution in [0.4, 0.5) is 0 Å². The molecule has 3 rings (SSSR count). The second-order valence-electron chi connectivity index (χ2n) is 4.79. The molecule has 8 heteroatoms. The first kappa shape index (κ1) is 15.5. The highest BCUT2D eigenvalue weighted by atomic mass is 16.7. The standard InChI is InChI=1S/C14H14N2O6/c15-10(17)2-1-7-14(13(16)20)21-11(18)8-3-4-9(6-5-8)12(19)22-14/h3-6H,1-2,7H2,(H2,15,17)(H2,16,20). The number of amides is 2. The largest absolute Gasteiger partial charge is 0.409 e. The van der Waals surface area contributed by atoms with Crippen molar-refractivity contribution in [1.82, 2.24) is 0 Å². The zero-order valence-electron chi connectivity index (χ0n) is 11.5. The predicted octanol–water partition coefficient (Wildman–Crippen LogP) is -0.149. The van der Waals surface area contributed by atoms with Crippen LogP contribution in [0.25, 0.3) is 0 Å². The van der Waals surface area contributed by atoms with Gasteiger partial charge in [-0.25, -0.2) is 9.59 Å². The summed E-state index contributed by atoms with van der Waals surface area (Å²) in [6.45, 7) is 0. The van der Waals surface area contributed by atoms with Gasteiger partial charge in [-0.15, -0.1) is 0 Å². The molecule has 0 radical (unpaired) electrons. The van der Waals surface area contributed by atoms with Crippen LogP contribution in [0.1, 0.15) is 40.0 Å². The molecule has 22 heavy (non-hydrogen) atoms. The molecule has 4 N–H and O–H groups in total. The summed E-state index contributed by atoms with van der Waals surface area (Å²) >= 11 is 0. The molecular weight excluding hydrogens is 292 g/mol. The van der Waals surface area contributed by atoms with Crippen LogP contribution in [0, 0.1) is 0 Å². The highest BCUT2D eigenvalue weighted by molar-refractivity contribution is 5.98. The fourth-order valence-electron chi connectivity index (χ4n) is 2.00. The quantitative estimate of drug-likeness (QED) is 0.725. The number of hydrogen-bond acceptors (Lipinski definition) is 6. The third-order valence-electron chi connectivity index (χ3n) is 3.18. The summed E-state index contributed by atoms with van der Waals surface area (Å²) in [6, 6.07) is 5.50. The van der Waals surface area contributed by atoms with Crippen molar-refractivity contribution < 1.29 is 28.7 Å². The molecule has 0 aromatic heterocycles. The highest BCUT2D eigenvalue weighted by Gasteiger charge is 2.46. The van der Waals surface area contributed by atoms with Crippen molar-refractivity contribution in [2.75, 3.05) is 0 Å². The summed E-state index contributed by atoms with van der Waals surface area (Å²) < 4.78 is 10.1. The van der Waals surface area contributed by atoms with Crippen LogP contribution in [0.15, 0.2) is 24.3 Å². The van der Waals surface area contributed by atoms with Crippen LogP contribution in [0.5, 0.6) is 0 Å². The van der Waals surface area contributed by atoms with E-state index in [9.17, 15) is 19.2 Å². The first-order valence-electron chi connectivity index (χ1n) is 6.49. The number of esters is 2. The van der Waals surface area contributed by atoms with Crippen LogP contribution in [-0.2, 0) is 19.1 Å². The van der Waals surface area contributed by atoms with Gasteiger partial charge >= 0.3 is 23.6 Å². The van der Waals surface area contributed by atoms with Gasteiger partial charge in [0.1, 0.15) is 0 Å². The van der Waals surface area contributed by atoms with E-state index in [1.807, 2.05) is 0 Å². The van der Waals surface area contributed by atoms with Gasteiger partial charge in [-0.1, -0.05) is 0 Å². The summed E-state index contributed by atoms with van der Waals surface area (Å²) in [5.41, 5.74) is 10.6. The number of carbonyl (C=O) groups excluding carboxylic acids is 4. The smallest absolute Gasteiger partial charge is 0.341 e. The van der Waals surface area contributed by atoms with Gasteiger partial charge in [0.25, 0.3) is 0 Å². The molecule has 0 aliphatic carbocycles. The van der Waals surface area contributed by atoms with Crippen LogP contribution in [0.3, 0.4) is 0 Å². The number of primary amides is 2. The fourth-order valence-corrected chi connectivity index (χ4v) is 2.00. The van der Waals surface area contributed by atoms with E-state index in [1.165, 1.54) is 24.3 Å². The lowest BCUT2D eigenvalue weighted by atomic mass is 10.1. The summed E-state index contributed by atoms with van der Waals surface area (Å²) in [7, 11) is 0. The lowest BCUT2D eigenvalue weighted by Gasteiger charge is -2.28. The van der Waals surface area contributed by atoms with E-state index in [0.717, 1.165) is 0 Å². The number of hydrogen-bond donors (Lipinski definition) is 2.